The van der Waals surface area contributed by atoms with Gasteiger partial charge in [0.2, 0.25) is 0 Å². The molecular formula is C17H19Cl. The summed E-state index contributed by atoms with van der Waals surface area (Å²) >= 11 is 6.38. The second kappa shape index (κ2) is 7.23. The summed E-state index contributed by atoms with van der Waals surface area (Å²) in [5.74, 6) is 0. The SMILES string of the molecule is ClC(CCc1ccccc1)CCc1ccccc1. The first-order valence-corrected chi connectivity index (χ1v) is 7.00. The van der Waals surface area contributed by atoms with Crippen LogP contribution in [0.2, 0.25) is 0 Å². The van der Waals surface area contributed by atoms with Crippen molar-refractivity contribution in [3.05, 3.63) is 71.8 Å². The van der Waals surface area contributed by atoms with Crippen molar-refractivity contribution in [2.75, 3.05) is 0 Å². The lowest BCUT2D eigenvalue weighted by molar-refractivity contribution is 0.687. The highest BCUT2D eigenvalue weighted by Crippen LogP contribution is 2.15. The molecule has 18 heavy (non-hydrogen) atoms. The molecule has 2 rings (SSSR count). The zero-order chi connectivity index (χ0) is 12.6. The third-order valence-electron chi connectivity index (χ3n) is 3.18. The Bertz CT molecular complexity index is 392. The fourth-order valence-electron chi connectivity index (χ4n) is 2.08. The molecule has 94 valence electrons. The molecule has 0 amide bonds. The quantitative estimate of drug-likeness (QED) is 0.649. The van der Waals surface area contributed by atoms with Gasteiger partial charge in [0.15, 0.2) is 0 Å². The molecule has 0 N–H and O–H groups in total. The van der Waals surface area contributed by atoms with E-state index < -0.39 is 0 Å². The Kier molecular flexibility index (Phi) is 5.29. The van der Waals surface area contributed by atoms with Crippen LogP contribution >= 0.6 is 11.6 Å². The predicted octanol–water partition coefficient (Wildman–Crippen LogP) is 4.86. The normalized spacial score (nSPS) is 10.8. The van der Waals surface area contributed by atoms with Gasteiger partial charge >= 0.3 is 0 Å². The highest BCUT2D eigenvalue weighted by molar-refractivity contribution is 6.20. The molecule has 2 aromatic rings. The largest absolute Gasteiger partial charge is 0.123 e. The number of halogens is 1. The molecule has 0 bridgehead atoms. The van der Waals surface area contributed by atoms with E-state index in [1.807, 2.05) is 0 Å². The highest BCUT2D eigenvalue weighted by atomic mass is 35.5. The van der Waals surface area contributed by atoms with Crippen molar-refractivity contribution in [1.29, 1.82) is 0 Å². The summed E-state index contributed by atoms with van der Waals surface area (Å²) in [6.07, 6.45) is 4.25. The summed E-state index contributed by atoms with van der Waals surface area (Å²) in [6, 6.07) is 21.1. The number of aryl methyl sites for hydroxylation is 2. The molecule has 0 fully saturated rings. The average molecular weight is 259 g/mol. The van der Waals surface area contributed by atoms with Crippen LogP contribution in [0.5, 0.6) is 0 Å². The van der Waals surface area contributed by atoms with E-state index in [2.05, 4.69) is 60.7 Å². The van der Waals surface area contributed by atoms with Crippen molar-refractivity contribution in [3.63, 3.8) is 0 Å². The maximum Gasteiger partial charge on any atom is 0.0342 e. The predicted molar refractivity (Wildman–Crippen MR) is 79.2 cm³/mol. The first kappa shape index (κ1) is 13.2. The average Bonchev–Trinajstić information content (AvgIpc) is 2.45. The third kappa shape index (κ3) is 4.54. The van der Waals surface area contributed by atoms with E-state index in [-0.39, 0.29) is 5.38 Å². The van der Waals surface area contributed by atoms with Gasteiger partial charge in [0.1, 0.15) is 0 Å². The van der Waals surface area contributed by atoms with E-state index in [4.69, 9.17) is 11.6 Å². The van der Waals surface area contributed by atoms with Crippen molar-refractivity contribution in [1.82, 2.24) is 0 Å². The molecule has 0 aliphatic carbocycles. The van der Waals surface area contributed by atoms with Crippen LogP contribution in [0.1, 0.15) is 24.0 Å². The minimum Gasteiger partial charge on any atom is -0.123 e. The number of rotatable bonds is 6. The number of benzene rings is 2. The Morgan fingerprint density at radius 1 is 0.667 bits per heavy atom. The summed E-state index contributed by atoms with van der Waals surface area (Å²) in [5, 5.41) is 0.269. The van der Waals surface area contributed by atoms with Crippen molar-refractivity contribution in [2.24, 2.45) is 0 Å². The smallest absolute Gasteiger partial charge is 0.0342 e. The van der Waals surface area contributed by atoms with Gasteiger partial charge in [0.05, 0.1) is 0 Å². The van der Waals surface area contributed by atoms with Gasteiger partial charge in [-0.1, -0.05) is 60.7 Å². The lowest BCUT2D eigenvalue weighted by atomic mass is 10.0. The van der Waals surface area contributed by atoms with E-state index >= 15 is 0 Å². The Hall–Kier alpha value is -1.27. The fraction of sp³-hybridized carbons (Fsp3) is 0.294. The molecule has 2 aromatic carbocycles. The van der Waals surface area contributed by atoms with Gasteiger partial charge in [-0.05, 0) is 36.8 Å². The number of hydrogen-bond acceptors (Lipinski definition) is 0. The van der Waals surface area contributed by atoms with Crippen LogP contribution < -0.4 is 0 Å². The van der Waals surface area contributed by atoms with Crippen molar-refractivity contribution in [3.8, 4) is 0 Å². The molecule has 0 aromatic heterocycles. The maximum atomic E-state index is 6.38. The summed E-state index contributed by atoms with van der Waals surface area (Å²) in [4.78, 5) is 0. The van der Waals surface area contributed by atoms with E-state index in [1.165, 1.54) is 11.1 Å². The molecule has 1 heteroatoms. The Morgan fingerprint density at radius 2 is 1.06 bits per heavy atom. The Labute approximate surface area is 115 Å². The monoisotopic (exact) mass is 258 g/mol. The molecular weight excluding hydrogens is 240 g/mol. The zero-order valence-electron chi connectivity index (χ0n) is 10.6. The minimum absolute atomic E-state index is 0.269. The summed E-state index contributed by atoms with van der Waals surface area (Å²) in [5.41, 5.74) is 2.76. The van der Waals surface area contributed by atoms with Gasteiger partial charge in [-0.15, -0.1) is 11.6 Å². The van der Waals surface area contributed by atoms with Crippen LogP contribution in [-0.2, 0) is 12.8 Å². The molecule has 0 saturated heterocycles. The van der Waals surface area contributed by atoms with Crippen molar-refractivity contribution in [2.45, 2.75) is 31.1 Å². The lowest BCUT2D eigenvalue weighted by Crippen LogP contribution is -2.02. The van der Waals surface area contributed by atoms with E-state index in [0.29, 0.717) is 0 Å². The van der Waals surface area contributed by atoms with Crippen LogP contribution in [0.4, 0.5) is 0 Å². The van der Waals surface area contributed by atoms with E-state index in [9.17, 15) is 0 Å². The van der Waals surface area contributed by atoms with Gasteiger partial charge < -0.3 is 0 Å². The molecule has 0 saturated carbocycles. The summed E-state index contributed by atoms with van der Waals surface area (Å²) in [6.45, 7) is 0. The molecule has 0 spiro atoms. The summed E-state index contributed by atoms with van der Waals surface area (Å²) in [7, 11) is 0. The molecule has 0 aliphatic rings. The van der Waals surface area contributed by atoms with Gasteiger partial charge in [0, 0.05) is 5.38 Å². The van der Waals surface area contributed by atoms with Gasteiger partial charge in [-0.3, -0.25) is 0 Å². The van der Waals surface area contributed by atoms with Gasteiger partial charge in [-0.25, -0.2) is 0 Å². The second-order valence-electron chi connectivity index (χ2n) is 4.65. The van der Waals surface area contributed by atoms with Crippen LogP contribution in [0.25, 0.3) is 0 Å². The molecule has 0 atom stereocenters. The topological polar surface area (TPSA) is 0 Å². The standard InChI is InChI=1S/C17H19Cl/c18-17(13-11-15-7-3-1-4-8-15)14-12-16-9-5-2-6-10-16/h1-10,17H,11-14H2. The maximum absolute atomic E-state index is 6.38. The van der Waals surface area contributed by atoms with E-state index in [1.54, 1.807) is 0 Å². The second-order valence-corrected chi connectivity index (χ2v) is 5.26. The van der Waals surface area contributed by atoms with Crippen molar-refractivity contribution < 1.29 is 0 Å². The molecule has 0 aliphatic heterocycles. The fourth-order valence-corrected chi connectivity index (χ4v) is 2.30. The van der Waals surface area contributed by atoms with Crippen LogP contribution in [0.15, 0.2) is 60.7 Å². The highest BCUT2D eigenvalue weighted by Gasteiger charge is 2.05. The molecule has 0 heterocycles. The third-order valence-corrected chi connectivity index (χ3v) is 3.61. The number of hydrogen-bond donors (Lipinski definition) is 0. The zero-order valence-corrected chi connectivity index (χ0v) is 11.3. The van der Waals surface area contributed by atoms with Crippen LogP contribution in [0, 0.1) is 0 Å². The molecule has 0 nitrogen and oxygen atoms in total. The Balaban J connectivity index is 1.71. The first-order chi connectivity index (χ1) is 8.84. The minimum atomic E-state index is 0.269. The summed E-state index contributed by atoms with van der Waals surface area (Å²) < 4.78 is 0. The van der Waals surface area contributed by atoms with Crippen LogP contribution in [-0.4, -0.2) is 5.38 Å². The molecule has 0 radical (unpaired) electrons. The number of alkyl halides is 1. The van der Waals surface area contributed by atoms with E-state index in [0.717, 1.165) is 25.7 Å². The van der Waals surface area contributed by atoms with Crippen molar-refractivity contribution >= 4 is 11.6 Å². The van der Waals surface area contributed by atoms with Gasteiger partial charge in [0.25, 0.3) is 0 Å². The van der Waals surface area contributed by atoms with Crippen LogP contribution in [0.3, 0.4) is 0 Å². The van der Waals surface area contributed by atoms with Gasteiger partial charge in [-0.2, -0.15) is 0 Å². The first-order valence-electron chi connectivity index (χ1n) is 6.56. The Morgan fingerprint density at radius 3 is 1.44 bits per heavy atom. The lowest BCUT2D eigenvalue weighted by Gasteiger charge is -2.09. The molecule has 0 unspecified atom stereocenters.